The summed E-state index contributed by atoms with van der Waals surface area (Å²) >= 11 is 0. The monoisotopic (exact) mass is 293 g/mol. The van der Waals surface area contributed by atoms with Crippen LogP contribution in [0.2, 0.25) is 0 Å². The molecule has 1 fully saturated rings. The van der Waals surface area contributed by atoms with Gasteiger partial charge >= 0.3 is 0 Å². The Balaban J connectivity index is 1.88. The second kappa shape index (κ2) is 4.59. The van der Waals surface area contributed by atoms with Gasteiger partial charge in [0.1, 0.15) is 4.90 Å². The lowest BCUT2D eigenvalue weighted by Crippen LogP contribution is -2.41. The van der Waals surface area contributed by atoms with Gasteiger partial charge in [0, 0.05) is 24.6 Å². The zero-order valence-corrected chi connectivity index (χ0v) is 11.6. The highest BCUT2D eigenvalue weighted by Gasteiger charge is 2.33. The minimum absolute atomic E-state index is 0.125. The van der Waals surface area contributed by atoms with Crippen LogP contribution in [0, 0.1) is 5.92 Å². The van der Waals surface area contributed by atoms with Crippen LogP contribution in [0.1, 0.15) is 18.4 Å². The molecule has 7 heteroatoms. The number of sulfonamides is 1. The Morgan fingerprint density at radius 1 is 1.25 bits per heavy atom. The van der Waals surface area contributed by atoms with E-state index in [0.29, 0.717) is 37.3 Å². The lowest BCUT2D eigenvalue weighted by atomic mass is 9.96. The van der Waals surface area contributed by atoms with E-state index in [9.17, 15) is 13.2 Å². The molecule has 0 bridgehead atoms. The van der Waals surface area contributed by atoms with E-state index in [-0.39, 0.29) is 16.7 Å². The van der Waals surface area contributed by atoms with Gasteiger partial charge in [-0.15, -0.1) is 4.40 Å². The van der Waals surface area contributed by atoms with E-state index in [2.05, 4.69) is 4.40 Å². The second-order valence-electron chi connectivity index (χ2n) is 5.05. The van der Waals surface area contributed by atoms with Gasteiger partial charge in [0.2, 0.25) is 5.91 Å². The third kappa shape index (κ3) is 2.07. The molecule has 106 valence electrons. The quantitative estimate of drug-likeness (QED) is 0.807. The number of piperidine rings is 1. The Morgan fingerprint density at radius 3 is 2.55 bits per heavy atom. The number of carbonyl (C=O) groups excluding carboxylic acids is 1. The number of fused-ring (bicyclic) bond motifs is 1. The van der Waals surface area contributed by atoms with Gasteiger partial charge in [-0.2, -0.15) is 8.42 Å². The minimum atomic E-state index is -3.58. The molecule has 2 N–H and O–H groups in total. The van der Waals surface area contributed by atoms with Crippen molar-refractivity contribution in [3.63, 3.8) is 0 Å². The van der Waals surface area contributed by atoms with E-state index in [4.69, 9.17) is 5.73 Å². The van der Waals surface area contributed by atoms with Crippen LogP contribution in [-0.2, 0) is 14.8 Å². The molecule has 2 aliphatic rings. The summed E-state index contributed by atoms with van der Waals surface area (Å²) in [5.74, 6) is 0.0784. The Hall–Kier alpha value is -1.89. The van der Waals surface area contributed by atoms with Crippen LogP contribution in [0.5, 0.6) is 0 Å². The Kier molecular flexibility index (Phi) is 3.01. The van der Waals surface area contributed by atoms with Crippen molar-refractivity contribution in [1.82, 2.24) is 4.90 Å². The maximum Gasteiger partial charge on any atom is 0.285 e. The molecular weight excluding hydrogens is 278 g/mol. The molecule has 1 aromatic rings. The summed E-state index contributed by atoms with van der Waals surface area (Å²) in [5.41, 5.74) is 5.95. The average Bonchev–Trinajstić information content (AvgIpc) is 2.72. The summed E-state index contributed by atoms with van der Waals surface area (Å²) in [7, 11) is -3.58. The highest BCUT2D eigenvalue weighted by atomic mass is 32.2. The van der Waals surface area contributed by atoms with Crippen LogP contribution in [0.15, 0.2) is 33.6 Å². The van der Waals surface area contributed by atoms with Crippen LogP contribution >= 0.6 is 0 Å². The van der Waals surface area contributed by atoms with Gasteiger partial charge in [-0.25, -0.2) is 0 Å². The van der Waals surface area contributed by atoms with Crippen LogP contribution in [0.3, 0.4) is 0 Å². The van der Waals surface area contributed by atoms with E-state index in [0.717, 1.165) is 0 Å². The van der Waals surface area contributed by atoms with Crippen molar-refractivity contribution in [3.05, 3.63) is 29.8 Å². The minimum Gasteiger partial charge on any atom is -0.369 e. The topological polar surface area (TPSA) is 92.8 Å². The number of amidine groups is 1. The molecule has 2 heterocycles. The van der Waals surface area contributed by atoms with Crippen molar-refractivity contribution in [1.29, 1.82) is 0 Å². The fourth-order valence-corrected chi connectivity index (χ4v) is 3.92. The lowest BCUT2D eigenvalue weighted by Gasteiger charge is -2.31. The van der Waals surface area contributed by atoms with Crippen LogP contribution < -0.4 is 5.73 Å². The lowest BCUT2D eigenvalue weighted by molar-refractivity contribution is -0.122. The van der Waals surface area contributed by atoms with Gasteiger partial charge in [0.15, 0.2) is 5.84 Å². The first kappa shape index (κ1) is 13.1. The number of nitrogens with two attached hydrogens (primary N) is 1. The van der Waals surface area contributed by atoms with Crippen LogP contribution in [-0.4, -0.2) is 38.2 Å². The Morgan fingerprint density at radius 2 is 1.90 bits per heavy atom. The van der Waals surface area contributed by atoms with Crippen molar-refractivity contribution in [2.75, 3.05) is 13.1 Å². The first-order valence-electron chi connectivity index (χ1n) is 6.48. The van der Waals surface area contributed by atoms with E-state index in [1.807, 2.05) is 4.90 Å². The first-order chi connectivity index (χ1) is 9.49. The number of hydrogen-bond acceptors (Lipinski definition) is 4. The molecule has 0 aromatic heterocycles. The van der Waals surface area contributed by atoms with Gasteiger partial charge in [-0.05, 0) is 25.0 Å². The van der Waals surface area contributed by atoms with Crippen LogP contribution in [0.4, 0.5) is 0 Å². The number of benzene rings is 1. The number of rotatable bonds is 1. The van der Waals surface area contributed by atoms with Gasteiger partial charge in [-0.3, -0.25) is 4.79 Å². The fourth-order valence-electron chi connectivity index (χ4n) is 2.69. The molecule has 3 rings (SSSR count). The standard InChI is InChI=1S/C13H15N3O3S/c14-12(17)9-5-7-16(8-6-9)13-10-3-1-2-4-11(10)20(18,19)15-13/h1-4,9H,5-8H2,(H2,14,17). The molecule has 0 radical (unpaired) electrons. The number of hydrogen-bond donors (Lipinski definition) is 1. The molecule has 6 nitrogen and oxygen atoms in total. The molecule has 0 saturated carbocycles. The van der Waals surface area contributed by atoms with Crippen molar-refractivity contribution < 1.29 is 13.2 Å². The van der Waals surface area contributed by atoms with Crippen molar-refractivity contribution >= 4 is 21.8 Å². The zero-order chi connectivity index (χ0) is 14.3. The molecule has 0 spiro atoms. The summed E-state index contributed by atoms with van der Waals surface area (Å²) in [5, 5.41) is 0. The molecule has 0 aliphatic carbocycles. The second-order valence-corrected chi connectivity index (χ2v) is 6.62. The number of carbonyl (C=O) groups is 1. The third-order valence-corrected chi connectivity index (χ3v) is 5.13. The van der Waals surface area contributed by atoms with Gasteiger partial charge in [0.05, 0.1) is 0 Å². The molecule has 1 aromatic carbocycles. The summed E-state index contributed by atoms with van der Waals surface area (Å²) in [6.45, 7) is 1.19. The highest BCUT2D eigenvalue weighted by molar-refractivity contribution is 7.90. The van der Waals surface area contributed by atoms with E-state index >= 15 is 0 Å². The maximum atomic E-state index is 12.0. The van der Waals surface area contributed by atoms with Gasteiger partial charge in [0.25, 0.3) is 10.0 Å². The largest absolute Gasteiger partial charge is 0.369 e. The molecule has 20 heavy (non-hydrogen) atoms. The smallest absolute Gasteiger partial charge is 0.285 e. The van der Waals surface area contributed by atoms with E-state index in [1.54, 1.807) is 24.3 Å². The maximum absolute atomic E-state index is 12.0. The van der Waals surface area contributed by atoms with Gasteiger partial charge in [-0.1, -0.05) is 12.1 Å². The summed E-state index contributed by atoms with van der Waals surface area (Å²) in [4.78, 5) is 13.3. The number of amides is 1. The summed E-state index contributed by atoms with van der Waals surface area (Å²) in [6, 6.07) is 6.82. The third-order valence-electron chi connectivity index (χ3n) is 3.81. The normalized spacial score (nSPS) is 21.4. The summed E-state index contributed by atoms with van der Waals surface area (Å²) < 4.78 is 27.9. The molecule has 0 atom stereocenters. The van der Waals surface area contributed by atoms with Crippen LogP contribution in [0.25, 0.3) is 0 Å². The first-order valence-corrected chi connectivity index (χ1v) is 7.92. The van der Waals surface area contributed by atoms with E-state index in [1.165, 1.54) is 0 Å². The molecule has 2 aliphatic heterocycles. The molecule has 1 amide bonds. The Bertz CT molecular complexity index is 689. The number of primary amides is 1. The average molecular weight is 293 g/mol. The van der Waals surface area contributed by atoms with Crippen molar-refractivity contribution in [2.24, 2.45) is 16.0 Å². The Labute approximate surface area is 117 Å². The molecular formula is C13H15N3O3S. The summed E-state index contributed by atoms with van der Waals surface area (Å²) in [6.07, 6.45) is 1.27. The zero-order valence-electron chi connectivity index (χ0n) is 10.8. The molecule has 0 unspecified atom stereocenters. The van der Waals surface area contributed by atoms with Crippen molar-refractivity contribution in [2.45, 2.75) is 17.7 Å². The number of nitrogens with zero attached hydrogens (tertiary/aromatic N) is 2. The fraction of sp³-hybridized carbons (Fsp3) is 0.385. The van der Waals surface area contributed by atoms with E-state index < -0.39 is 10.0 Å². The highest BCUT2D eigenvalue weighted by Crippen LogP contribution is 2.29. The number of likely N-dealkylation sites (tertiary alicyclic amines) is 1. The van der Waals surface area contributed by atoms with Gasteiger partial charge < -0.3 is 10.6 Å². The molecule has 1 saturated heterocycles. The SMILES string of the molecule is NC(=O)C1CCN(C2=NS(=O)(=O)c3ccccc32)CC1. The van der Waals surface area contributed by atoms with Crippen molar-refractivity contribution in [3.8, 4) is 0 Å². The predicted octanol–water partition coefficient (Wildman–Crippen LogP) is 0.333. The predicted molar refractivity (Wildman–Crippen MR) is 73.7 cm³/mol.